The summed E-state index contributed by atoms with van der Waals surface area (Å²) in [6.45, 7) is 6.09. The Labute approximate surface area is 211 Å². The maximum atomic E-state index is 13.6. The number of aromatic nitrogens is 2. The third kappa shape index (κ3) is 5.09. The molecular formula is C26H35F2N7O. The Kier molecular flexibility index (Phi) is 7.22. The van der Waals surface area contributed by atoms with E-state index in [2.05, 4.69) is 56.5 Å². The van der Waals surface area contributed by atoms with Gasteiger partial charge >= 0.3 is 0 Å². The highest BCUT2D eigenvalue weighted by atomic mass is 19.3. The molecular weight excluding hydrogens is 464 g/mol. The Bertz CT molecular complexity index is 1100. The van der Waals surface area contributed by atoms with Crippen molar-refractivity contribution >= 4 is 29.0 Å². The Morgan fingerprint density at radius 1 is 1.22 bits per heavy atom. The van der Waals surface area contributed by atoms with E-state index in [1.54, 1.807) is 0 Å². The first kappa shape index (κ1) is 24.7. The van der Waals surface area contributed by atoms with Crippen LogP contribution in [0.2, 0.25) is 0 Å². The summed E-state index contributed by atoms with van der Waals surface area (Å²) in [5.41, 5.74) is 3.02. The summed E-state index contributed by atoms with van der Waals surface area (Å²) in [5.74, 6) is 0.571. The lowest BCUT2D eigenvalue weighted by Crippen LogP contribution is -2.44. The van der Waals surface area contributed by atoms with Gasteiger partial charge in [0, 0.05) is 68.8 Å². The largest absolute Gasteiger partial charge is 0.369 e. The zero-order valence-electron chi connectivity index (χ0n) is 21.0. The predicted octanol–water partition coefficient (Wildman–Crippen LogP) is 4.04. The lowest BCUT2D eigenvalue weighted by Gasteiger charge is -2.34. The molecule has 4 heterocycles. The molecule has 2 atom stereocenters. The molecule has 2 N–H and O–H groups in total. The number of alkyl halides is 2. The van der Waals surface area contributed by atoms with Crippen molar-refractivity contribution in [3.05, 3.63) is 35.5 Å². The van der Waals surface area contributed by atoms with E-state index in [1.165, 1.54) is 18.3 Å². The molecule has 194 valence electrons. The van der Waals surface area contributed by atoms with Crippen LogP contribution in [0.4, 0.5) is 31.9 Å². The summed E-state index contributed by atoms with van der Waals surface area (Å²) in [4.78, 5) is 27.1. The second-order valence-electron chi connectivity index (χ2n) is 10.0. The highest BCUT2D eigenvalue weighted by Crippen LogP contribution is 2.36. The van der Waals surface area contributed by atoms with E-state index >= 15 is 0 Å². The number of amides is 1. The fourth-order valence-corrected chi connectivity index (χ4v) is 5.65. The van der Waals surface area contributed by atoms with Crippen LogP contribution in [0.1, 0.15) is 50.2 Å². The number of nitrogens with one attached hydrogen (secondary N) is 2. The number of rotatable bonds is 10. The monoisotopic (exact) mass is 499 g/mol. The fraction of sp³-hybridized carbons (Fsp3) is 0.577. The van der Waals surface area contributed by atoms with Crippen molar-refractivity contribution in [2.45, 2.75) is 57.5 Å². The van der Waals surface area contributed by atoms with Gasteiger partial charge in [-0.05, 0) is 56.5 Å². The maximum Gasteiger partial charge on any atom is 0.268 e. The molecule has 3 aliphatic rings. The number of nitrogens with zero attached hydrogens (tertiary/aromatic N) is 5. The Morgan fingerprint density at radius 3 is 2.75 bits per heavy atom. The highest BCUT2D eigenvalue weighted by molar-refractivity contribution is 5.78. The van der Waals surface area contributed by atoms with E-state index in [0.29, 0.717) is 38.0 Å². The topological polar surface area (TPSA) is 76.6 Å². The van der Waals surface area contributed by atoms with Crippen LogP contribution in [0.15, 0.2) is 24.4 Å². The van der Waals surface area contributed by atoms with E-state index in [-0.39, 0.29) is 23.2 Å². The predicted molar refractivity (Wildman–Crippen MR) is 137 cm³/mol. The molecule has 0 radical (unpaired) electrons. The van der Waals surface area contributed by atoms with Gasteiger partial charge < -0.3 is 20.4 Å². The molecule has 36 heavy (non-hydrogen) atoms. The van der Waals surface area contributed by atoms with Crippen LogP contribution in [0.25, 0.3) is 0 Å². The maximum absolute atomic E-state index is 13.6. The van der Waals surface area contributed by atoms with Crippen molar-refractivity contribution in [3.63, 3.8) is 0 Å². The van der Waals surface area contributed by atoms with Gasteiger partial charge in [-0.2, -0.15) is 4.98 Å². The normalized spacial score (nSPS) is 21.8. The number of benzene rings is 1. The minimum Gasteiger partial charge on any atom is -0.369 e. The van der Waals surface area contributed by atoms with Crippen LogP contribution < -0.4 is 15.5 Å². The molecule has 2 bridgehead atoms. The second-order valence-corrected chi connectivity index (χ2v) is 10.0. The number of anilines is 4. The van der Waals surface area contributed by atoms with Crippen molar-refractivity contribution < 1.29 is 13.6 Å². The standard InChI is InChI=1S/C26H35F2N7O/c1-3-17-12-18(35-16-19-13-20(35)15-33(19)2)7-8-22(17)31-26-30-14-21(24(27)28)25(32-26)29-9-5-11-34-10-4-6-23(34)36/h7-8,12,14,19-20,24H,3-6,9-11,13,15-16H2,1-2H3,(H2,29,30,31,32). The van der Waals surface area contributed by atoms with Crippen molar-refractivity contribution in [2.75, 3.05) is 55.3 Å². The average Bonchev–Trinajstić information content (AvgIpc) is 3.57. The smallest absolute Gasteiger partial charge is 0.268 e. The van der Waals surface area contributed by atoms with Gasteiger partial charge in [0.2, 0.25) is 11.9 Å². The number of hydrogen-bond acceptors (Lipinski definition) is 7. The molecule has 2 unspecified atom stereocenters. The number of likely N-dealkylation sites (N-methyl/N-ethyl adjacent to an activating group) is 1. The van der Waals surface area contributed by atoms with E-state index in [4.69, 9.17) is 0 Å². The zero-order valence-corrected chi connectivity index (χ0v) is 21.0. The first-order valence-electron chi connectivity index (χ1n) is 13.0. The van der Waals surface area contributed by atoms with Gasteiger partial charge in [0.05, 0.1) is 5.56 Å². The molecule has 1 aromatic carbocycles. The Hall–Kier alpha value is -3.01. The molecule has 5 rings (SSSR count). The molecule has 2 aromatic rings. The van der Waals surface area contributed by atoms with Crippen LogP contribution in [0.5, 0.6) is 0 Å². The molecule has 3 fully saturated rings. The zero-order chi connectivity index (χ0) is 25.2. The van der Waals surface area contributed by atoms with Gasteiger partial charge in [0.1, 0.15) is 5.82 Å². The third-order valence-corrected chi connectivity index (χ3v) is 7.68. The molecule has 0 aliphatic carbocycles. The van der Waals surface area contributed by atoms with Gasteiger partial charge in [0.25, 0.3) is 6.43 Å². The van der Waals surface area contributed by atoms with Gasteiger partial charge in [-0.1, -0.05) is 6.92 Å². The number of aryl methyl sites for hydroxylation is 1. The first-order valence-corrected chi connectivity index (χ1v) is 13.0. The van der Waals surface area contributed by atoms with Crippen molar-refractivity contribution in [1.82, 2.24) is 19.8 Å². The van der Waals surface area contributed by atoms with Crippen molar-refractivity contribution in [1.29, 1.82) is 0 Å². The molecule has 0 saturated carbocycles. The van der Waals surface area contributed by atoms with Crippen LogP contribution in [0.3, 0.4) is 0 Å². The molecule has 10 heteroatoms. The molecule has 3 aliphatic heterocycles. The Morgan fingerprint density at radius 2 is 2.08 bits per heavy atom. The van der Waals surface area contributed by atoms with E-state index in [9.17, 15) is 13.6 Å². The number of hydrogen-bond donors (Lipinski definition) is 2. The number of carbonyl (C=O) groups is 1. The van der Waals surface area contributed by atoms with Gasteiger partial charge in [-0.3, -0.25) is 9.69 Å². The van der Waals surface area contributed by atoms with Gasteiger partial charge in [-0.25, -0.2) is 13.8 Å². The minimum atomic E-state index is -2.68. The van der Waals surface area contributed by atoms with Crippen LogP contribution >= 0.6 is 0 Å². The number of halogens is 2. The van der Waals surface area contributed by atoms with Crippen molar-refractivity contribution in [3.8, 4) is 0 Å². The van der Waals surface area contributed by atoms with E-state index < -0.39 is 6.43 Å². The fourth-order valence-electron chi connectivity index (χ4n) is 5.65. The molecule has 1 aromatic heterocycles. The Balaban J connectivity index is 1.26. The summed E-state index contributed by atoms with van der Waals surface area (Å²) in [6.07, 6.45) is 2.70. The first-order chi connectivity index (χ1) is 17.4. The molecule has 3 saturated heterocycles. The lowest BCUT2D eigenvalue weighted by atomic mass is 10.1. The average molecular weight is 500 g/mol. The number of piperazine rings is 1. The van der Waals surface area contributed by atoms with Gasteiger partial charge in [0.15, 0.2) is 0 Å². The highest BCUT2D eigenvalue weighted by Gasteiger charge is 2.41. The summed E-state index contributed by atoms with van der Waals surface area (Å²) in [5, 5.41) is 6.28. The number of carbonyl (C=O) groups excluding carboxylic acids is 1. The SMILES string of the molecule is CCc1cc(N2CC3CC2CN3C)ccc1Nc1ncc(C(F)F)c(NCCCN2CCCC2=O)n1. The van der Waals surface area contributed by atoms with Crippen LogP contribution in [-0.4, -0.2) is 77.5 Å². The minimum absolute atomic E-state index is 0.127. The summed E-state index contributed by atoms with van der Waals surface area (Å²) in [6, 6.07) is 7.56. The third-order valence-electron chi connectivity index (χ3n) is 7.68. The van der Waals surface area contributed by atoms with Crippen molar-refractivity contribution in [2.24, 2.45) is 0 Å². The van der Waals surface area contributed by atoms with Gasteiger partial charge in [-0.15, -0.1) is 0 Å². The van der Waals surface area contributed by atoms with E-state index in [0.717, 1.165) is 43.7 Å². The molecule has 1 amide bonds. The molecule has 8 nitrogen and oxygen atoms in total. The van der Waals surface area contributed by atoms with E-state index in [1.807, 2.05) is 11.0 Å². The summed E-state index contributed by atoms with van der Waals surface area (Å²) in [7, 11) is 2.20. The number of likely N-dealkylation sites (tertiary alicyclic amines) is 2. The summed E-state index contributed by atoms with van der Waals surface area (Å²) < 4.78 is 27.2. The lowest BCUT2D eigenvalue weighted by molar-refractivity contribution is -0.127. The quantitative estimate of drug-likeness (QED) is 0.478. The van der Waals surface area contributed by atoms with Crippen LogP contribution in [0, 0.1) is 0 Å². The van der Waals surface area contributed by atoms with Crippen LogP contribution in [-0.2, 0) is 11.2 Å². The second kappa shape index (κ2) is 10.5. The summed E-state index contributed by atoms with van der Waals surface area (Å²) >= 11 is 0. The molecule has 0 spiro atoms. The number of fused-ring (bicyclic) bond motifs is 2.